The van der Waals surface area contributed by atoms with E-state index in [4.69, 9.17) is 4.74 Å². The number of likely N-dealkylation sites (tertiary alicyclic amines) is 1. The van der Waals surface area contributed by atoms with Gasteiger partial charge >= 0.3 is 12.1 Å². The second-order valence-electron chi connectivity index (χ2n) is 5.77. The lowest BCUT2D eigenvalue weighted by molar-refractivity contribution is -0.158. The second-order valence-corrected chi connectivity index (χ2v) is 5.77. The van der Waals surface area contributed by atoms with Crippen LogP contribution in [-0.2, 0) is 25.7 Å². The molecule has 1 aromatic rings. The number of alkyl halides is 3. The van der Waals surface area contributed by atoms with Crippen LogP contribution in [-0.4, -0.2) is 48.6 Å². The molecule has 0 spiro atoms. The predicted molar refractivity (Wildman–Crippen MR) is 79.9 cm³/mol. The summed E-state index contributed by atoms with van der Waals surface area (Å²) in [5.74, 6) is -3.97. The van der Waals surface area contributed by atoms with Crippen molar-refractivity contribution in [2.75, 3.05) is 19.7 Å². The highest BCUT2D eigenvalue weighted by Gasteiger charge is 2.41. The van der Waals surface area contributed by atoms with E-state index in [9.17, 15) is 31.9 Å². The number of hydrogen-bond donors (Lipinski definition) is 1. The van der Waals surface area contributed by atoms with Gasteiger partial charge < -0.3 is 15.0 Å². The van der Waals surface area contributed by atoms with Gasteiger partial charge in [-0.3, -0.25) is 14.4 Å². The van der Waals surface area contributed by atoms with Gasteiger partial charge in [0.05, 0.1) is 5.92 Å². The average Bonchev–Trinajstić information content (AvgIpc) is 2.91. The topological polar surface area (TPSA) is 75.7 Å². The molecule has 0 aliphatic carbocycles. The van der Waals surface area contributed by atoms with E-state index >= 15 is 0 Å². The summed E-state index contributed by atoms with van der Waals surface area (Å²) in [6.45, 7) is -2.62. The predicted octanol–water partition coefficient (Wildman–Crippen LogP) is 1.40. The summed E-state index contributed by atoms with van der Waals surface area (Å²) >= 11 is 0. The van der Waals surface area contributed by atoms with Crippen molar-refractivity contribution in [3.05, 3.63) is 35.6 Å². The van der Waals surface area contributed by atoms with Crippen molar-refractivity contribution >= 4 is 17.8 Å². The fraction of sp³-hybridized carbons (Fsp3) is 0.438. The number of esters is 1. The van der Waals surface area contributed by atoms with Gasteiger partial charge in [-0.05, 0) is 6.07 Å². The van der Waals surface area contributed by atoms with Crippen molar-refractivity contribution in [1.29, 1.82) is 0 Å². The maximum absolute atomic E-state index is 13.4. The Bertz CT molecular complexity index is 693. The molecule has 0 aromatic heterocycles. The zero-order chi connectivity index (χ0) is 19.3. The van der Waals surface area contributed by atoms with Gasteiger partial charge in [0.2, 0.25) is 5.91 Å². The molecule has 2 amide bonds. The molecule has 1 fully saturated rings. The monoisotopic (exact) mass is 376 g/mol. The van der Waals surface area contributed by atoms with Crippen molar-refractivity contribution in [3.8, 4) is 0 Å². The Morgan fingerprint density at radius 3 is 2.62 bits per heavy atom. The number of carbonyl (C=O) groups is 3. The smallest absolute Gasteiger partial charge is 0.406 e. The van der Waals surface area contributed by atoms with E-state index in [0.717, 1.165) is 0 Å². The number of benzene rings is 1. The largest absolute Gasteiger partial charge is 0.455 e. The van der Waals surface area contributed by atoms with Crippen molar-refractivity contribution < 1.29 is 36.7 Å². The molecule has 1 aliphatic rings. The highest BCUT2D eigenvalue weighted by Crippen LogP contribution is 2.24. The van der Waals surface area contributed by atoms with Crippen LogP contribution in [0.15, 0.2) is 24.3 Å². The molecule has 6 nitrogen and oxygen atoms in total. The summed E-state index contributed by atoms with van der Waals surface area (Å²) in [6, 6.07) is 5.79. The number of hydrogen-bond acceptors (Lipinski definition) is 4. The standard InChI is InChI=1S/C16H16F4N2O4/c17-12-4-2-1-3-10(12)6-21-13(23)8-26-15(25)11-5-14(24)22(7-11)9-16(18,19)20/h1-4,11H,5-9H2,(H,21,23)/t11-/m1/s1. The first-order chi connectivity index (χ1) is 12.2. The number of nitrogens with one attached hydrogen (secondary N) is 1. The molecule has 2 rings (SSSR count). The van der Waals surface area contributed by atoms with E-state index in [-0.39, 0.29) is 12.1 Å². The van der Waals surface area contributed by atoms with Gasteiger partial charge in [0, 0.05) is 25.1 Å². The summed E-state index contributed by atoms with van der Waals surface area (Å²) in [4.78, 5) is 35.5. The van der Waals surface area contributed by atoms with Crippen LogP contribution < -0.4 is 5.32 Å². The Morgan fingerprint density at radius 2 is 1.96 bits per heavy atom. The number of rotatable bonds is 6. The minimum Gasteiger partial charge on any atom is -0.455 e. The molecule has 0 unspecified atom stereocenters. The summed E-state index contributed by atoms with van der Waals surface area (Å²) < 4.78 is 55.1. The summed E-state index contributed by atoms with van der Waals surface area (Å²) in [5.41, 5.74) is 0.247. The molecule has 0 radical (unpaired) electrons. The number of ether oxygens (including phenoxy) is 1. The molecular formula is C16H16F4N2O4. The lowest BCUT2D eigenvalue weighted by atomic mass is 10.1. The third kappa shape index (κ3) is 5.71. The number of nitrogens with zero attached hydrogens (tertiary/aromatic N) is 1. The quantitative estimate of drug-likeness (QED) is 0.602. The third-order valence-corrected chi connectivity index (χ3v) is 3.70. The third-order valence-electron chi connectivity index (χ3n) is 3.70. The van der Waals surface area contributed by atoms with Crippen LogP contribution in [0.3, 0.4) is 0 Å². The molecule has 142 valence electrons. The zero-order valence-electron chi connectivity index (χ0n) is 13.5. The van der Waals surface area contributed by atoms with Gasteiger partial charge in [0.1, 0.15) is 12.4 Å². The van der Waals surface area contributed by atoms with Crippen molar-refractivity contribution in [1.82, 2.24) is 10.2 Å². The molecule has 10 heteroatoms. The Balaban J connectivity index is 1.75. The molecule has 1 N–H and O–H groups in total. The van der Waals surface area contributed by atoms with E-state index < -0.39 is 61.8 Å². The van der Waals surface area contributed by atoms with Crippen molar-refractivity contribution in [2.45, 2.75) is 19.1 Å². The van der Waals surface area contributed by atoms with Gasteiger partial charge in [-0.25, -0.2) is 4.39 Å². The average molecular weight is 376 g/mol. The van der Waals surface area contributed by atoms with Crippen LogP contribution in [0.2, 0.25) is 0 Å². The molecule has 26 heavy (non-hydrogen) atoms. The fourth-order valence-corrected chi connectivity index (χ4v) is 2.44. The number of carbonyl (C=O) groups excluding carboxylic acids is 3. The van der Waals surface area contributed by atoms with Gasteiger partial charge in [-0.1, -0.05) is 18.2 Å². The maximum Gasteiger partial charge on any atom is 0.406 e. The molecule has 1 aromatic carbocycles. The SMILES string of the molecule is O=C(COC(=O)[C@@H]1CC(=O)N(CC(F)(F)F)C1)NCc1ccccc1F. The number of amides is 2. The minimum atomic E-state index is -4.55. The molecule has 0 bridgehead atoms. The van der Waals surface area contributed by atoms with E-state index in [1.54, 1.807) is 6.07 Å². The van der Waals surface area contributed by atoms with E-state index in [2.05, 4.69) is 5.32 Å². The van der Waals surface area contributed by atoms with Crippen LogP contribution >= 0.6 is 0 Å². The zero-order valence-corrected chi connectivity index (χ0v) is 13.5. The Hall–Kier alpha value is -2.65. The van der Waals surface area contributed by atoms with Crippen molar-refractivity contribution in [3.63, 3.8) is 0 Å². The van der Waals surface area contributed by atoms with Crippen LogP contribution in [0, 0.1) is 11.7 Å². The van der Waals surface area contributed by atoms with E-state index in [1.165, 1.54) is 18.2 Å². The van der Waals surface area contributed by atoms with Crippen LogP contribution in [0.1, 0.15) is 12.0 Å². The molecule has 1 heterocycles. The summed E-state index contributed by atoms with van der Waals surface area (Å²) in [6.07, 6.45) is -4.95. The van der Waals surface area contributed by atoms with Crippen LogP contribution in [0.25, 0.3) is 0 Å². The van der Waals surface area contributed by atoms with Gasteiger partial charge in [-0.2, -0.15) is 13.2 Å². The Labute approximate surface area is 146 Å². The fourth-order valence-electron chi connectivity index (χ4n) is 2.44. The minimum absolute atomic E-state index is 0.107. The number of halogens is 4. The first-order valence-corrected chi connectivity index (χ1v) is 7.67. The molecule has 1 aliphatic heterocycles. The lowest BCUT2D eigenvalue weighted by Crippen LogP contribution is -2.36. The van der Waals surface area contributed by atoms with Gasteiger partial charge in [0.15, 0.2) is 6.61 Å². The van der Waals surface area contributed by atoms with E-state index in [0.29, 0.717) is 4.90 Å². The Kier molecular flexibility index (Phi) is 6.17. The van der Waals surface area contributed by atoms with Crippen molar-refractivity contribution in [2.24, 2.45) is 5.92 Å². The maximum atomic E-state index is 13.4. The van der Waals surface area contributed by atoms with Crippen LogP contribution in [0.5, 0.6) is 0 Å². The molecule has 0 saturated carbocycles. The lowest BCUT2D eigenvalue weighted by Gasteiger charge is -2.18. The normalized spacial score (nSPS) is 17.3. The summed E-state index contributed by atoms with van der Waals surface area (Å²) in [7, 11) is 0. The highest BCUT2D eigenvalue weighted by molar-refractivity contribution is 5.88. The van der Waals surface area contributed by atoms with E-state index in [1.807, 2.05) is 0 Å². The van der Waals surface area contributed by atoms with Gasteiger partial charge in [0.25, 0.3) is 5.91 Å². The second kappa shape index (κ2) is 8.15. The highest BCUT2D eigenvalue weighted by atomic mass is 19.4. The molecule has 1 atom stereocenters. The summed E-state index contributed by atoms with van der Waals surface area (Å²) in [5, 5.41) is 2.35. The Morgan fingerprint density at radius 1 is 1.27 bits per heavy atom. The van der Waals surface area contributed by atoms with Crippen LogP contribution in [0.4, 0.5) is 17.6 Å². The first-order valence-electron chi connectivity index (χ1n) is 7.67. The van der Waals surface area contributed by atoms with Gasteiger partial charge in [-0.15, -0.1) is 0 Å². The first kappa shape index (κ1) is 19.7. The molecule has 1 saturated heterocycles. The molecular weight excluding hydrogens is 360 g/mol.